The van der Waals surface area contributed by atoms with Crippen LogP contribution in [0.4, 0.5) is 0 Å². The lowest BCUT2D eigenvalue weighted by atomic mass is 9.96. The maximum absolute atomic E-state index is 12.8. The molecule has 1 aromatic carbocycles. The molecule has 2 aromatic heterocycles. The Morgan fingerprint density at radius 3 is 2.79 bits per heavy atom. The van der Waals surface area contributed by atoms with Crippen LogP contribution >= 0.6 is 11.8 Å². The molecular formula is C26H30N4O2S. The number of benzene rings is 1. The number of piperidine rings is 1. The fraction of sp³-hybridized carbons (Fsp3) is 0.385. The number of carbonyl (C=O) groups excluding carboxylic acids is 1. The second-order valence-electron chi connectivity index (χ2n) is 8.72. The number of hydrogen-bond acceptors (Lipinski definition) is 5. The molecule has 0 radical (unpaired) electrons. The summed E-state index contributed by atoms with van der Waals surface area (Å²) in [5, 5.41) is 4.21. The van der Waals surface area contributed by atoms with E-state index in [0.717, 1.165) is 85.5 Å². The van der Waals surface area contributed by atoms with Gasteiger partial charge in [0.2, 0.25) is 0 Å². The summed E-state index contributed by atoms with van der Waals surface area (Å²) in [6, 6.07) is 16.0. The molecule has 7 heteroatoms. The second-order valence-corrected chi connectivity index (χ2v) is 9.78. The van der Waals surface area contributed by atoms with E-state index in [2.05, 4.69) is 19.6 Å². The Morgan fingerprint density at radius 2 is 1.94 bits per heavy atom. The summed E-state index contributed by atoms with van der Waals surface area (Å²) in [7, 11) is 0. The molecule has 0 bridgehead atoms. The highest BCUT2D eigenvalue weighted by Gasteiger charge is 2.23. The number of aromatic nitrogens is 2. The molecule has 172 valence electrons. The Bertz CT molecular complexity index is 1120. The number of likely N-dealkylation sites (tertiary alicyclic amines) is 1. The lowest BCUT2D eigenvalue weighted by Gasteiger charge is -2.32. The number of carbonyl (C=O) groups is 1. The summed E-state index contributed by atoms with van der Waals surface area (Å²) in [4.78, 5) is 20.5. The maximum atomic E-state index is 12.8. The molecule has 1 fully saturated rings. The number of amides is 1. The van der Waals surface area contributed by atoms with Gasteiger partial charge in [0.25, 0.3) is 5.91 Å². The van der Waals surface area contributed by atoms with E-state index < -0.39 is 0 Å². The van der Waals surface area contributed by atoms with Crippen molar-refractivity contribution in [3.05, 3.63) is 65.3 Å². The molecule has 0 aliphatic carbocycles. The van der Waals surface area contributed by atoms with Crippen LogP contribution in [0.25, 0.3) is 11.7 Å². The van der Waals surface area contributed by atoms with Crippen LogP contribution in [0.5, 0.6) is 5.75 Å². The minimum Gasteiger partial charge on any atom is -0.494 e. The Morgan fingerprint density at radius 1 is 1.09 bits per heavy atom. The third-order valence-corrected chi connectivity index (χ3v) is 7.43. The predicted octanol–water partition coefficient (Wildman–Crippen LogP) is 4.47. The molecule has 3 aromatic rings. The number of thioether (sulfide) groups is 1. The SMILES string of the molecule is O=C(NCC1CCN(CCCCOc2ccccc2)CC1)C1=Cc2cnc3cccc(n23)S1. The van der Waals surface area contributed by atoms with Crippen molar-refractivity contribution in [1.29, 1.82) is 0 Å². The van der Waals surface area contributed by atoms with E-state index in [4.69, 9.17) is 4.74 Å². The highest BCUT2D eigenvalue weighted by Crippen LogP contribution is 2.34. The Hall–Kier alpha value is -2.77. The summed E-state index contributed by atoms with van der Waals surface area (Å²) in [6.45, 7) is 4.87. The zero-order chi connectivity index (χ0) is 22.5. The lowest BCUT2D eigenvalue weighted by Crippen LogP contribution is -2.39. The van der Waals surface area contributed by atoms with Gasteiger partial charge in [-0.2, -0.15) is 0 Å². The fourth-order valence-electron chi connectivity index (χ4n) is 4.48. The third-order valence-electron chi connectivity index (χ3n) is 6.38. The number of nitrogens with zero attached hydrogens (tertiary/aromatic N) is 3. The minimum atomic E-state index is 0.0188. The molecule has 33 heavy (non-hydrogen) atoms. The van der Waals surface area contributed by atoms with Crippen molar-refractivity contribution < 1.29 is 9.53 Å². The Balaban J connectivity index is 1.00. The van der Waals surface area contributed by atoms with Gasteiger partial charge in [0, 0.05) is 6.54 Å². The van der Waals surface area contributed by atoms with Gasteiger partial charge in [0.15, 0.2) is 0 Å². The van der Waals surface area contributed by atoms with E-state index >= 15 is 0 Å². The summed E-state index contributed by atoms with van der Waals surface area (Å²) in [5.41, 5.74) is 1.88. The molecule has 1 N–H and O–H groups in total. The zero-order valence-electron chi connectivity index (χ0n) is 18.8. The van der Waals surface area contributed by atoms with Crippen molar-refractivity contribution in [2.45, 2.75) is 30.7 Å². The molecule has 0 unspecified atom stereocenters. The van der Waals surface area contributed by atoms with Crippen molar-refractivity contribution in [3.63, 3.8) is 0 Å². The molecule has 1 amide bonds. The van der Waals surface area contributed by atoms with Gasteiger partial charge in [0.05, 0.1) is 28.4 Å². The van der Waals surface area contributed by atoms with Gasteiger partial charge < -0.3 is 15.0 Å². The zero-order valence-corrected chi connectivity index (χ0v) is 19.6. The maximum Gasteiger partial charge on any atom is 0.258 e. The first-order valence-electron chi connectivity index (χ1n) is 11.8. The standard InChI is InChI=1S/C26H30N4O2S/c31-26(23-17-21-19-27-24-9-6-10-25(33-23)30(21)24)28-18-20-11-14-29(15-12-20)13-4-5-16-32-22-7-2-1-3-8-22/h1-3,6-10,17,19-20H,4-5,11-16,18H2,(H,28,31). The number of ether oxygens (including phenoxy) is 1. The smallest absolute Gasteiger partial charge is 0.258 e. The van der Waals surface area contributed by atoms with Crippen LogP contribution in [0.1, 0.15) is 31.4 Å². The predicted molar refractivity (Wildman–Crippen MR) is 132 cm³/mol. The summed E-state index contributed by atoms with van der Waals surface area (Å²) < 4.78 is 7.87. The summed E-state index contributed by atoms with van der Waals surface area (Å²) >= 11 is 1.51. The molecule has 0 saturated carbocycles. The topological polar surface area (TPSA) is 58.9 Å². The Labute approximate surface area is 199 Å². The number of nitrogens with one attached hydrogen (secondary N) is 1. The number of rotatable bonds is 9. The third kappa shape index (κ3) is 5.42. The van der Waals surface area contributed by atoms with Crippen LogP contribution in [0, 0.1) is 5.92 Å². The highest BCUT2D eigenvalue weighted by atomic mass is 32.2. The number of hydrogen-bond donors (Lipinski definition) is 1. The van der Waals surface area contributed by atoms with E-state index in [9.17, 15) is 4.79 Å². The fourth-order valence-corrected chi connectivity index (χ4v) is 5.49. The average molecular weight is 463 g/mol. The minimum absolute atomic E-state index is 0.0188. The number of unbranched alkanes of at least 4 members (excludes halogenated alkanes) is 1. The van der Waals surface area contributed by atoms with Crippen LogP contribution in [-0.4, -0.2) is 53.0 Å². The summed E-state index contributed by atoms with van der Waals surface area (Å²) in [6.07, 6.45) is 8.28. The molecule has 5 rings (SSSR count). The van der Waals surface area contributed by atoms with Gasteiger partial charge in [-0.05, 0) is 81.6 Å². The van der Waals surface area contributed by atoms with Crippen molar-refractivity contribution in [1.82, 2.24) is 19.6 Å². The summed E-state index contributed by atoms with van der Waals surface area (Å²) in [5.74, 6) is 1.52. The first-order chi connectivity index (χ1) is 16.3. The molecule has 2 aliphatic heterocycles. The number of imidazole rings is 1. The van der Waals surface area contributed by atoms with E-state index in [1.165, 1.54) is 11.8 Å². The first-order valence-corrected chi connectivity index (χ1v) is 12.6. The molecule has 6 nitrogen and oxygen atoms in total. The van der Waals surface area contributed by atoms with Crippen LogP contribution in [0.2, 0.25) is 0 Å². The van der Waals surface area contributed by atoms with Crippen LogP contribution < -0.4 is 10.1 Å². The van der Waals surface area contributed by atoms with Gasteiger partial charge in [-0.15, -0.1) is 0 Å². The van der Waals surface area contributed by atoms with Crippen molar-refractivity contribution in [2.24, 2.45) is 5.92 Å². The Kier molecular flexibility index (Phi) is 6.98. The average Bonchev–Trinajstić information content (AvgIpc) is 3.28. The normalized spacial score (nSPS) is 16.5. The number of para-hydroxylation sites is 1. The van der Waals surface area contributed by atoms with Crippen LogP contribution in [-0.2, 0) is 4.79 Å². The molecule has 2 aliphatic rings. The molecule has 0 spiro atoms. The van der Waals surface area contributed by atoms with Crippen LogP contribution in [0.3, 0.4) is 0 Å². The monoisotopic (exact) mass is 462 g/mol. The number of pyridine rings is 1. The highest BCUT2D eigenvalue weighted by molar-refractivity contribution is 8.04. The largest absolute Gasteiger partial charge is 0.494 e. The first kappa shape index (κ1) is 22.0. The lowest BCUT2D eigenvalue weighted by molar-refractivity contribution is -0.117. The van der Waals surface area contributed by atoms with Crippen molar-refractivity contribution in [3.8, 4) is 5.75 Å². The van der Waals surface area contributed by atoms with Crippen molar-refractivity contribution in [2.75, 3.05) is 32.8 Å². The molecule has 1 saturated heterocycles. The van der Waals surface area contributed by atoms with Gasteiger partial charge in [0.1, 0.15) is 11.4 Å². The molecule has 4 heterocycles. The van der Waals surface area contributed by atoms with Gasteiger partial charge >= 0.3 is 0 Å². The molecule has 0 atom stereocenters. The van der Waals surface area contributed by atoms with Gasteiger partial charge in [-0.3, -0.25) is 9.20 Å². The van der Waals surface area contributed by atoms with E-state index in [1.54, 1.807) is 0 Å². The van der Waals surface area contributed by atoms with Crippen molar-refractivity contribution >= 4 is 29.4 Å². The molecular weight excluding hydrogens is 432 g/mol. The van der Waals surface area contributed by atoms with E-state index in [1.807, 2.05) is 60.8 Å². The van der Waals surface area contributed by atoms with Gasteiger partial charge in [-0.25, -0.2) is 4.98 Å². The van der Waals surface area contributed by atoms with E-state index in [0.29, 0.717) is 5.92 Å². The van der Waals surface area contributed by atoms with Crippen LogP contribution in [0.15, 0.2) is 64.7 Å². The second kappa shape index (κ2) is 10.4. The quantitative estimate of drug-likeness (QED) is 0.476. The van der Waals surface area contributed by atoms with E-state index in [-0.39, 0.29) is 5.91 Å². The van der Waals surface area contributed by atoms with Gasteiger partial charge in [-0.1, -0.05) is 36.0 Å².